The number of hydrogen-bond donors (Lipinski definition) is 1. The Morgan fingerprint density at radius 3 is 2.34 bits per heavy atom. The van der Waals surface area contributed by atoms with Crippen LogP contribution in [0.2, 0.25) is 0 Å². The lowest BCUT2D eigenvalue weighted by atomic mass is 10.1. The molecule has 0 unspecified atom stereocenters. The number of amides is 1. The molecule has 0 spiro atoms. The summed E-state index contributed by atoms with van der Waals surface area (Å²) >= 11 is 0. The Morgan fingerprint density at radius 2 is 1.69 bits per heavy atom. The Hall–Kier alpha value is -2.22. The third kappa shape index (κ3) is 5.04. The van der Waals surface area contributed by atoms with Crippen LogP contribution in [0.5, 0.6) is 0 Å². The van der Waals surface area contributed by atoms with Crippen molar-refractivity contribution < 1.29 is 13.2 Å². The summed E-state index contributed by atoms with van der Waals surface area (Å²) in [6, 6.07) is 15.5. The highest BCUT2D eigenvalue weighted by molar-refractivity contribution is 7.89. The second-order valence-corrected chi connectivity index (χ2v) is 9.47. The van der Waals surface area contributed by atoms with Crippen LogP contribution in [0.3, 0.4) is 0 Å². The van der Waals surface area contributed by atoms with Gasteiger partial charge in [-0.3, -0.25) is 4.79 Å². The minimum Gasteiger partial charge on any atom is -0.339 e. The van der Waals surface area contributed by atoms with Crippen molar-refractivity contribution in [1.29, 1.82) is 0 Å². The van der Waals surface area contributed by atoms with E-state index in [1.54, 1.807) is 11.0 Å². The molecule has 2 aromatic carbocycles. The van der Waals surface area contributed by atoms with E-state index in [0.717, 1.165) is 16.7 Å². The van der Waals surface area contributed by atoms with Crippen molar-refractivity contribution in [1.82, 2.24) is 14.5 Å². The van der Waals surface area contributed by atoms with Crippen molar-refractivity contribution in [2.75, 3.05) is 32.7 Å². The molecule has 1 N–H and O–H groups in total. The van der Waals surface area contributed by atoms with Crippen molar-refractivity contribution in [3.8, 4) is 0 Å². The van der Waals surface area contributed by atoms with Gasteiger partial charge in [0, 0.05) is 32.2 Å². The summed E-state index contributed by atoms with van der Waals surface area (Å²) in [5, 5.41) is 3.25. The van der Waals surface area contributed by atoms with E-state index in [0.29, 0.717) is 31.1 Å². The van der Waals surface area contributed by atoms with E-state index in [-0.39, 0.29) is 18.5 Å². The van der Waals surface area contributed by atoms with Crippen molar-refractivity contribution in [3.05, 3.63) is 65.2 Å². The zero-order valence-electron chi connectivity index (χ0n) is 17.3. The van der Waals surface area contributed by atoms with E-state index < -0.39 is 10.0 Å². The first-order valence-corrected chi connectivity index (χ1v) is 11.4. The summed E-state index contributed by atoms with van der Waals surface area (Å²) in [6.45, 7) is 7.40. The van der Waals surface area contributed by atoms with Gasteiger partial charge >= 0.3 is 0 Å². The minimum atomic E-state index is -3.55. The Kier molecular flexibility index (Phi) is 6.72. The largest absolute Gasteiger partial charge is 0.339 e. The summed E-state index contributed by atoms with van der Waals surface area (Å²) in [6.07, 6.45) is 0. The molecule has 29 heavy (non-hydrogen) atoms. The molecule has 1 aliphatic heterocycles. The highest BCUT2D eigenvalue weighted by Crippen LogP contribution is 2.22. The fourth-order valence-electron chi connectivity index (χ4n) is 3.51. The van der Waals surface area contributed by atoms with Gasteiger partial charge < -0.3 is 10.2 Å². The zero-order chi connectivity index (χ0) is 21.0. The molecule has 2 aromatic rings. The number of carbonyl (C=O) groups excluding carboxylic acids is 1. The van der Waals surface area contributed by atoms with E-state index in [2.05, 4.69) is 5.32 Å². The minimum absolute atomic E-state index is 0.00318. The maximum absolute atomic E-state index is 13.0. The summed E-state index contributed by atoms with van der Waals surface area (Å²) in [5.41, 5.74) is 2.79. The van der Waals surface area contributed by atoms with E-state index in [4.69, 9.17) is 0 Å². The van der Waals surface area contributed by atoms with E-state index in [1.807, 2.05) is 63.2 Å². The molecule has 7 heteroatoms. The first kappa shape index (κ1) is 21.5. The normalized spacial score (nSPS) is 16.6. The Bertz CT molecular complexity index is 953. The van der Waals surface area contributed by atoms with Crippen LogP contribution < -0.4 is 5.32 Å². The van der Waals surface area contributed by atoms with E-state index >= 15 is 0 Å². The molecule has 1 aliphatic rings. The summed E-state index contributed by atoms with van der Waals surface area (Å²) < 4.78 is 27.5. The third-order valence-corrected chi connectivity index (χ3v) is 7.45. The van der Waals surface area contributed by atoms with Gasteiger partial charge in [0.15, 0.2) is 0 Å². The lowest BCUT2D eigenvalue weighted by Gasteiger charge is -2.34. The molecule has 1 saturated heterocycles. The average molecular weight is 416 g/mol. The number of hydrogen-bond acceptors (Lipinski definition) is 4. The second kappa shape index (κ2) is 9.07. The van der Waals surface area contributed by atoms with E-state index in [1.165, 1.54) is 4.31 Å². The molecule has 0 aromatic heterocycles. The number of carbonyl (C=O) groups is 1. The standard InChI is InChI=1S/C22H29N3O3S/c1-17-9-10-18(2)21(15-17)29(27,28)25-13-11-24(12-14-25)22(26)16-23-19(3)20-7-5-4-6-8-20/h4-10,15,19,23H,11-14,16H2,1-3H3/t19-/m0/s1. The molecule has 3 rings (SSSR count). The summed E-state index contributed by atoms with van der Waals surface area (Å²) in [5.74, 6) is -0.00318. The van der Waals surface area contributed by atoms with Crippen molar-refractivity contribution >= 4 is 15.9 Å². The molecule has 1 amide bonds. The highest BCUT2D eigenvalue weighted by Gasteiger charge is 2.31. The van der Waals surface area contributed by atoms with Crippen LogP contribution in [0.1, 0.15) is 29.7 Å². The third-order valence-electron chi connectivity index (χ3n) is 5.41. The van der Waals surface area contributed by atoms with Crippen molar-refractivity contribution in [2.45, 2.75) is 31.7 Å². The Morgan fingerprint density at radius 1 is 1.03 bits per heavy atom. The molecule has 1 heterocycles. The monoisotopic (exact) mass is 415 g/mol. The molecule has 1 fully saturated rings. The van der Waals surface area contributed by atoms with Crippen molar-refractivity contribution in [3.63, 3.8) is 0 Å². The average Bonchev–Trinajstić information content (AvgIpc) is 2.74. The first-order valence-electron chi connectivity index (χ1n) is 9.92. The topological polar surface area (TPSA) is 69.7 Å². The van der Waals surface area contributed by atoms with Gasteiger partial charge in [0.2, 0.25) is 15.9 Å². The van der Waals surface area contributed by atoms with Crippen LogP contribution in [0, 0.1) is 13.8 Å². The van der Waals surface area contributed by atoms with Gasteiger partial charge in [-0.25, -0.2) is 8.42 Å². The molecule has 1 atom stereocenters. The lowest BCUT2D eigenvalue weighted by Crippen LogP contribution is -2.52. The zero-order valence-corrected chi connectivity index (χ0v) is 18.1. The quantitative estimate of drug-likeness (QED) is 0.787. The van der Waals surface area contributed by atoms with E-state index in [9.17, 15) is 13.2 Å². The Labute approximate surface area is 173 Å². The molecular formula is C22H29N3O3S. The lowest BCUT2D eigenvalue weighted by molar-refractivity contribution is -0.131. The SMILES string of the molecule is Cc1ccc(C)c(S(=O)(=O)N2CCN(C(=O)CN[C@@H](C)c3ccccc3)CC2)c1. The maximum Gasteiger partial charge on any atom is 0.243 e. The number of piperazine rings is 1. The molecule has 156 valence electrons. The van der Waals surface area contributed by atoms with Crippen molar-refractivity contribution in [2.24, 2.45) is 0 Å². The molecule has 6 nitrogen and oxygen atoms in total. The number of benzene rings is 2. The summed E-state index contributed by atoms with van der Waals surface area (Å²) in [7, 11) is -3.55. The molecule has 0 radical (unpaired) electrons. The molecular weight excluding hydrogens is 386 g/mol. The Balaban J connectivity index is 1.56. The number of aryl methyl sites for hydroxylation is 2. The smallest absolute Gasteiger partial charge is 0.243 e. The van der Waals surface area contributed by atoms with Crippen LogP contribution >= 0.6 is 0 Å². The molecule has 0 aliphatic carbocycles. The van der Waals surface area contributed by atoms with Gasteiger partial charge in [-0.1, -0.05) is 42.5 Å². The number of nitrogens with one attached hydrogen (secondary N) is 1. The fourth-order valence-corrected chi connectivity index (χ4v) is 5.25. The number of rotatable bonds is 6. The predicted octanol–water partition coefficient (Wildman–Crippen LogP) is 2.49. The van der Waals surface area contributed by atoms with Crippen LogP contribution in [-0.4, -0.2) is 56.3 Å². The second-order valence-electron chi connectivity index (χ2n) is 7.57. The first-order chi connectivity index (χ1) is 13.8. The number of sulfonamides is 1. The van der Waals surface area contributed by atoms with Crippen LogP contribution in [-0.2, 0) is 14.8 Å². The van der Waals surface area contributed by atoms with Gasteiger partial charge in [0.25, 0.3) is 0 Å². The van der Waals surface area contributed by atoms with Gasteiger partial charge in [-0.05, 0) is 43.5 Å². The van der Waals surface area contributed by atoms with Gasteiger partial charge in [0.05, 0.1) is 11.4 Å². The number of nitrogens with zero attached hydrogens (tertiary/aromatic N) is 2. The van der Waals surface area contributed by atoms with Gasteiger partial charge in [-0.2, -0.15) is 4.31 Å². The predicted molar refractivity (Wildman–Crippen MR) is 114 cm³/mol. The van der Waals surface area contributed by atoms with Crippen LogP contribution in [0.25, 0.3) is 0 Å². The summed E-state index contributed by atoms with van der Waals surface area (Å²) in [4.78, 5) is 14.6. The van der Waals surface area contributed by atoms with Crippen LogP contribution in [0.15, 0.2) is 53.4 Å². The van der Waals surface area contributed by atoms with Gasteiger partial charge in [0.1, 0.15) is 0 Å². The van der Waals surface area contributed by atoms with Gasteiger partial charge in [-0.15, -0.1) is 0 Å². The maximum atomic E-state index is 13.0. The van der Waals surface area contributed by atoms with Crippen LogP contribution in [0.4, 0.5) is 0 Å². The highest BCUT2D eigenvalue weighted by atomic mass is 32.2. The molecule has 0 saturated carbocycles. The molecule has 0 bridgehead atoms. The fraction of sp³-hybridized carbons (Fsp3) is 0.409.